The summed E-state index contributed by atoms with van der Waals surface area (Å²) in [6.45, 7) is 13.7. The predicted octanol–water partition coefficient (Wildman–Crippen LogP) is 6.72. The van der Waals surface area contributed by atoms with Crippen LogP contribution in [-0.4, -0.2) is 0 Å². The van der Waals surface area contributed by atoms with Crippen molar-refractivity contribution in [3.63, 3.8) is 0 Å². The zero-order chi connectivity index (χ0) is 15.6. The van der Waals surface area contributed by atoms with Crippen molar-refractivity contribution in [2.45, 2.75) is 59.3 Å². The van der Waals surface area contributed by atoms with Gasteiger partial charge in [0.25, 0.3) is 0 Å². The lowest BCUT2D eigenvalue weighted by Gasteiger charge is -2.20. The molecule has 0 spiro atoms. The molecule has 0 aliphatic heterocycles. The van der Waals surface area contributed by atoms with E-state index in [4.69, 9.17) is 0 Å². The third kappa shape index (κ3) is 3.37. The molecule has 0 saturated carbocycles. The standard InChI is InChI=1S/C21H28/c1-14(2)17-10-12-18(13-11-17)20-9-7-8-19(15(3)4)21(20)16(5)6/h7-16H,1-6H3. The lowest BCUT2D eigenvalue weighted by molar-refractivity contribution is 0.792. The molecule has 21 heavy (non-hydrogen) atoms. The Morgan fingerprint density at radius 1 is 0.619 bits per heavy atom. The minimum atomic E-state index is 0.545. The second-order valence-corrected chi connectivity index (χ2v) is 6.89. The molecule has 0 bridgehead atoms. The minimum Gasteiger partial charge on any atom is -0.0613 e. The van der Waals surface area contributed by atoms with Crippen LogP contribution in [-0.2, 0) is 0 Å². The van der Waals surface area contributed by atoms with Crippen LogP contribution in [0.1, 0.15) is 76.0 Å². The summed E-state index contributed by atoms with van der Waals surface area (Å²) < 4.78 is 0. The molecule has 0 unspecified atom stereocenters. The topological polar surface area (TPSA) is 0 Å². The van der Waals surface area contributed by atoms with E-state index in [-0.39, 0.29) is 0 Å². The Hall–Kier alpha value is -1.56. The molecule has 0 saturated heterocycles. The van der Waals surface area contributed by atoms with Gasteiger partial charge >= 0.3 is 0 Å². The first-order chi connectivity index (χ1) is 9.91. The van der Waals surface area contributed by atoms with Crippen molar-refractivity contribution < 1.29 is 0 Å². The average Bonchev–Trinajstić information content (AvgIpc) is 2.46. The van der Waals surface area contributed by atoms with Crippen molar-refractivity contribution in [2.75, 3.05) is 0 Å². The second kappa shape index (κ2) is 6.47. The van der Waals surface area contributed by atoms with Gasteiger partial charge in [-0.2, -0.15) is 0 Å². The van der Waals surface area contributed by atoms with Gasteiger partial charge in [-0.3, -0.25) is 0 Å². The maximum atomic E-state index is 2.30. The molecular weight excluding hydrogens is 252 g/mol. The molecule has 0 heterocycles. The largest absolute Gasteiger partial charge is 0.0613 e. The summed E-state index contributed by atoms with van der Waals surface area (Å²) >= 11 is 0. The zero-order valence-corrected chi connectivity index (χ0v) is 14.3. The normalized spacial score (nSPS) is 11.7. The van der Waals surface area contributed by atoms with Gasteiger partial charge in [-0.1, -0.05) is 84.0 Å². The highest BCUT2D eigenvalue weighted by Gasteiger charge is 2.15. The van der Waals surface area contributed by atoms with Crippen LogP contribution in [0.5, 0.6) is 0 Å². The van der Waals surface area contributed by atoms with Crippen LogP contribution in [0.2, 0.25) is 0 Å². The second-order valence-electron chi connectivity index (χ2n) is 6.89. The van der Waals surface area contributed by atoms with Crippen LogP contribution in [0.3, 0.4) is 0 Å². The van der Waals surface area contributed by atoms with E-state index in [9.17, 15) is 0 Å². The SMILES string of the molecule is CC(C)c1ccc(-c2cccc(C(C)C)c2C(C)C)cc1. The molecule has 112 valence electrons. The van der Waals surface area contributed by atoms with E-state index < -0.39 is 0 Å². The number of rotatable bonds is 4. The van der Waals surface area contributed by atoms with Crippen molar-refractivity contribution in [2.24, 2.45) is 0 Å². The lowest BCUT2D eigenvalue weighted by Crippen LogP contribution is -2.01. The van der Waals surface area contributed by atoms with Gasteiger partial charge in [-0.05, 0) is 45.6 Å². The average molecular weight is 280 g/mol. The molecule has 0 fully saturated rings. The van der Waals surface area contributed by atoms with Crippen molar-refractivity contribution in [3.8, 4) is 11.1 Å². The maximum Gasteiger partial charge on any atom is -0.0146 e. The third-order valence-corrected chi connectivity index (χ3v) is 4.23. The van der Waals surface area contributed by atoms with Crippen molar-refractivity contribution in [1.29, 1.82) is 0 Å². The summed E-state index contributed by atoms with van der Waals surface area (Å²) in [5.74, 6) is 1.70. The van der Waals surface area contributed by atoms with Crippen LogP contribution in [0.25, 0.3) is 11.1 Å². The van der Waals surface area contributed by atoms with Crippen LogP contribution >= 0.6 is 0 Å². The van der Waals surface area contributed by atoms with Gasteiger partial charge in [0.05, 0.1) is 0 Å². The quantitative estimate of drug-likeness (QED) is 0.583. The first kappa shape index (κ1) is 15.8. The van der Waals surface area contributed by atoms with Crippen molar-refractivity contribution in [3.05, 3.63) is 59.2 Å². The van der Waals surface area contributed by atoms with Crippen molar-refractivity contribution >= 4 is 0 Å². The van der Waals surface area contributed by atoms with Gasteiger partial charge < -0.3 is 0 Å². The number of hydrogen-bond acceptors (Lipinski definition) is 0. The summed E-state index contributed by atoms with van der Waals surface area (Å²) in [6.07, 6.45) is 0. The molecule has 0 aliphatic rings. The number of hydrogen-bond donors (Lipinski definition) is 0. The van der Waals surface area contributed by atoms with E-state index in [1.807, 2.05) is 0 Å². The fourth-order valence-electron chi connectivity index (χ4n) is 3.03. The minimum absolute atomic E-state index is 0.545. The molecule has 0 atom stereocenters. The zero-order valence-electron chi connectivity index (χ0n) is 14.3. The van der Waals surface area contributed by atoms with Crippen LogP contribution in [0, 0.1) is 0 Å². The first-order valence-electron chi connectivity index (χ1n) is 8.15. The van der Waals surface area contributed by atoms with Crippen molar-refractivity contribution in [1.82, 2.24) is 0 Å². The van der Waals surface area contributed by atoms with E-state index in [1.54, 1.807) is 0 Å². The van der Waals surface area contributed by atoms with Gasteiger partial charge in [0.1, 0.15) is 0 Å². The lowest BCUT2D eigenvalue weighted by atomic mass is 9.84. The fourth-order valence-corrected chi connectivity index (χ4v) is 3.03. The van der Waals surface area contributed by atoms with E-state index in [1.165, 1.54) is 27.8 Å². The van der Waals surface area contributed by atoms with Gasteiger partial charge in [-0.15, -0.1) is 0 Å². The molecule has 0 nitrogen and oxygen atoms in total. The van der Waals surface area contributed by atoms with E-state index in [2.05, 4.69) is 84.0 Å². The van der Waals surface area contributed by atoms with E-state index in [0.717, 1.165) is 0 Å². The molecular formula is C21H28. The fraction of sp³-hybridized carbons (Fsp3) is 0.429. The summed E-state index contributed by atoms with van der Waals surface area (Å²) in [5.41, 5.74) is 7.13. The molecule has 0 aliphatic carbocycles. The summed E-state index contributed by atoms with van der Waals surface area (Å²) in [5, 5.41) is 0. The van der Waals surface area contributed by atoms with Gasteiger partial charge in [-0.25, -0.2) is 0 Å². The highest BCUT2D eigenvalue weighted by molar-refractivity contribution is 5.70. The Morgan fingerprint density at radius 2 is 1.24 bits per heavy atom. The Kier molecular flexibility index (Phi) is 4.88. The molecule has 0 N–H and O–H groups in total. The van der Waals surface area contributed by atoms with Crippen LogP contribution in [0.4, 0.5) is 0 Å². The van der Waals surface area contributed by atoms with E-state index in [0.29, 0.717) is 17.8 Å². The summed E-state index contributed by atoms with van der Waals surface area (Å²) in [7, 11) is 0. The smallest absolute Gasteiger partial charge is 0.0146 e. The van der Waals surface area contributed by atoms with Gasteiger partial charge in [0, 0.05) is 0 Å². The molecule has 0 amide bonds. The summed E-state index contributed by atoms with van der Waals surface area (Å²) in [4.78, 5) is 0. The Bertz CT molecular complexity index is 586. The molecule has 0 radical (unpaired) electrons. The molecule has 2 aromatic carbocycles. The molecule has 0 aromatic heterocycles. The monoisotopic (exact) mass is 280 g/mol. The van der Waals surface area contributed by atoms with Crippen LogP contribution < -0.4 is 0 Å². The maximum absolute atomic E-state index is 2.30. The molecule has 2 rings (SSSR count). The van der Waals surface area contributed by atoms with Crippen LogP contribution in [0.15, 0.2) is 42.5 Å². The predicted molar refractivity (Wildman–Crippen MR) is 94.1 cm³/mol. The third-order valence-electron chi connectivity index (χ3n) is 4.23. The molecule has 0 heteroatoms. The Balaban J connectivity index is 2.55. The highest BCUT2D eigenvalue weighted by atomic mass is 14.2. The van der Waals surface area contributed by atoms with Gasteiger partial charge in [0.15, 0.2) is 0 Å². The molecule has 2 aromatic rings. The Labute approximate surface area is 130 Å². The van der Waals surface area contributed by atoms with E-state index >= 15 is 0 Å². The Morgan fingerprint density at radius 3 is 1.71 bits per heavy atom. The summed E-state index contributed by atoms with van der Waals surface area (Å²) in [6, 6.07) is 15.9. The van der Waals surface area contributed by atoms with Gasteiger partial charge in [0.2, 0.25) is 0 Å². The number of benzene rings is 2. The first-order valence-corrected chi connectivity index (χ1v) is 8.15. The highest BCUT2D eigenvalue weighted by Crippen LogP contribution is 2.35.